The van der Waals surface area contributed by atoms with E-state index in [1.165, 1.54) is 10.6 Å². The van der Waals surface area contributed by atoms with Gasteiger partial charge in [0.25, 0.3) is 0 Å². The molecule has 0 aliphatic rings. The lowest BCUT2D eigenvalue weighted by atomic mass is 10.1. The van der Waals surface area contributed by atoms with Gasteiger partial charge in [0.1, 0.15) is 0 Å². The first kappa shape index (κ1) is 21.2. The Morgan fingerprint density at radius 2 is 1.88 bits per heavy atom. The summed E-state index contributed by atoms with van der Waals surface area (Å²) in [6.45, 7) is 3.76. The summed E-state index contributed by atoms with van der Waals surface area (Å²) in [5.41, 5.74) is 2.37. The van der Waals surface area contributed by atoms with Crippen molar-refractivity contribution in [2.45, 2.75) is 26.2 Å². The Kier molecular flexibility index (Phi) is 10.3. The number of aliphatic imine (C=N–C) groups is 1. The zero-order chi connectivity index (χ0) is 16.5. The maximum absolute atomic E-state index is 5.89. The molecule has 0 unspecified atom stereocenters. The molecule has 4 nitrogen and oxygen atoms in total. The zero-order valence-corrected chi connectivity index (χ0v) is 17.9. The predicted octanol–water partition coefficient (Wildman–Crippen LogP) is 4.06. The van der Waals surface area contributed by atoms with Crippen LogP contribution in [0, 0.1) is 6.92 Å². The monoisotopic (exact) mass is 478 g/mol. The van der Waals surface area contributed by atoms with Crippen molar-refractivity contribution in [3.8, 4) is 0 Å². The Balaban J connectivity index is 0.00000288. The van der Waals surface area contributed by atoms with E-state index in [-0.39, 0.29) is 24.0 Å². The second-order valence-electron chi connectivity index (χ2n) is 5.29. The van der Waals surface area contributed by atoms with Crippen LogP contribution in [-0.2, 0) is 12.8 Å². The molecule has 1 aromatic heterocycles. The third kappa shape index (κ3) is 7.81. The highest BCUT2D eigenvalue weighted by molar-refractivity contribution is 14.0. The molecule has 2 rings (SSSR count). The number of rotatable bonds is 7. The molecule has 2 N–H and O–H groups in total. The second kappa shape index (κ2) is 11.7. The molecule has 24 heavy (non-hydrogen) atoms. The molecule has 0 saturated heterocycles. The summed E-state index contributed by atoms with van der Waals surface area (Å²) < 4.78 is 0. The summed E-state index contributed by atoms with van der Waals surface area (Å²) in [5.74, 6) is 0.842. The number of guanidine groups is 1. The molecule has 0 atom stereocenters. The SMILES string of the molecule is CN=C(NCCCc1nc(C)cs1)NCCc1ccc(Cl)cc1.I. The molecular formula is C17H24ClIN4S. The van der Waals surface area contributed by atoms with Gasteiger partial charge in [0.05, 0.1) is 5.01 Å². The van der Waals surface area contributed by atoms with Crippen LogP contribution in [-0.4, -0.2) is 31.1 Å². The van der Waals surface area contributed by atoms with Gasteiger partial charge in [0.2, 0.25) is 0 Å². The number of benzene rings is 1. The summed E-state index contributed by atoms with van der Waals surface area (Å²) in [6.07, 6.45) is 2.99. The van der Waals surface area contributed by atoms with Crippen LogP contribution in [0.5, 0.6) is 0 Å². The van der Waals surface area contributed by atoms with Crippen molar-refractivity contribution in [2.24, 2.45) is 4.99 Å². The Morgan fingerprint density at radius 3 is 2.50 bits per heavy atom. The largest absolute Gasteiger partial charge is 0.356 e. The van der Waals surface area contributed by atoms with Crippen LogP contribution in [0.1, 0.15) is 22.7 Å². The fourth-order valence-electron chi connectivity index (χ4n) is 2.16. The highest BCUT2D eigenvalue weighted by atomic mass is 127. The summed E-state index contributed by atoms with van der Waals surface area (Å²) in [4.78, 5) is 8.71. The fourth-order valence-corrected chi connectivity index (χ4v) is 3.11. The van der Waals surface area contributed by atoms with Gasteiger partial charge in [-0.15, -0.1) is 35.3 Å². The molecule has 132 valence electrons. The number of aryl methyl sites for hydroxylation is 2. The molecule has 0 bridgehead atoms. The van der Waals surface area contributed by atoms with Gasteiger partial charge in [-0.2, -0.15) is 0 Å². The van der Waals surface area contributed by atoms with Crippen LogP contribution in [0.15, 0.2) is 34.6 Å². The van der Waals surface area contributed by atoms with Gasteiger partial charge in [0.15, 0.2) is 5.96 Å². The van der Waals surface area contributed by atoms with E-state index < -0.39 is 0 Å². The minimum atomic E-state index is 0. The summed E-state index contributed by atoms with van der Waals surface area (Å²) >= 11 is 7.62. The molecule has 0 amide bonds. The summed E-state index contributed by atoms with van der Waals surface area (Å²) in [5, 5.41) is 10.7. The minimum Gasteiger partial charge on any atom is -0.356 e. The van der Waals surface area contributed by atoms with E-state index in [4.69, 9.17) is 11.6 Å². The second-order valence-corrected chi connectivity index (χ2v) is 6.67. The van der Waals surface area contributed by atoms with E-state index in [0.29, 0.717) is 0 Å². The van der Waals surface area contributed by atoms with Crippen LogP contribution in [0.2, 0.25) is 5.02 Å². The van der Waals surface area contributed by atoms with Crippen LogP contribution in [0.3, 0.4) is 0 Å². The van der Waals surface area contributed by atoms with Crippen LogP contribution in [0.4, 0.5) is 0 Å². The molecule has 0 spiro atoms. The maximum atomic E-state index is 5.89. The Bertz CT molecular complexity index is 628. The van der Waals surface area contributed by atoms with Gasteiger partial charge in [-0.1, -0.05) is 23.7 Å². The van der Waals surface area contributed by atoms with Crippen molar-refractivity contribution in [3.05, 3.63) is 50.9 Å². The topological polar surface area (TPSA) is 49.3 Å². The Labute approximate surface area is 170 Å². The number of halogens is 2. The van der Waals surface area contributed by atoms with Gasteiger partial charge >= 0.3 is 0 Å². The Morgan fingerprint density at radius 1 is 1.17 bits per heavy atom. The molecule has 0 radical (unpaired) electrons. The number of hydrogen-bond acceptors (Lipinski definition) is 3. The quantitative estimate of drug-likeness (QED) is 0.273. The highest BCUT2D eigenvalue weighted by Gasteiger charge is 2.00. The third-order valence-electron chi connectivity index (χ3n) is 3.37. The van der Waals surface area contributed by atoms with Gasteiger partial charge in [-0.05, 0) is 37.5 Å². The van der Waals surface area contributed by atoms with E-state index >= 15 is 0 Å². The first-order valence-electron chi connectivity index (χ1n) is 7.77. The van der Waals surface area contributed by atoms with E-state index in [0.717, 1.165) is 49.0 Å². The fraction of sp³-hybridized carbons (Fsp3) is 0.412. The first-order valence-corrected chi connectivity index (χ1v) is 9.03. The number of aromatic nitrogens is 1. The van der Waals surface area contributed by atoms with Crippen molar-refractivity contribution < 1.29 is 0 Å². The van der Waals surface area contributed by atoms with Gasteiger partial charge < -0.3 is 10.6 Å². The number of hydrogen-bond donors (Lipinski definition) is 2. The molecule has 1 aromatic carbocycles. The van der Waals surface area contributed by atoms with Crippen molar-refractivity contribution >= 4 is 52.9 Å². The molecule has 7 heteroatoms. The highest BCUT2D eigenvalue weighted by Crippen LogP contribution is 2.10. The average Bonchev–Trinajstić information content (AvgIpc) is 2.97. The van der Waals surface area contributed by atoms with Gasteiger partial charge in [0, 0.05) is 42.7 Å². The minimum absolute atomic E-state index is 0. The van der Waals surface area contributed by atoms with Crippen molar-refractivity contribution in [2.75, 3.05) is 20.1 Å². The van der Waals surface area contributed by atoms with Gasteiger partial charge in [-0.3, -0.25) is 4.99 Å². The number of nitrogens with one attached hydrogen (secondary N) is 2. The molecule has 0 aliphatic carbocycles. The van der Waals surface area contributed by atoms with E-state index in [9.17, 15) is 0 Å². The molecular weight excluding hydrogens is 455 g/mol. The van der Waals surface area contributed by atoms with Crippen molar-refractivity contribution in [1.82, 2.24) is 15.6 Å². The molecule has 0 fully saturated rings. The van der Waals surface area contributed by atoms with Crippen molar-refractivity contribution in [3.63, 3.8) is 0 Å². The molecule has 0 aliphatic heterocycles. The first-order chi connectivity index (χ1) is 11.2. The standard InChI is InChI=1S/C17H23ClN4S.HI/c1-13-12-23-16(22-13)4-3-10-20-17(19-2)21-11-9-14-5-7-15(18)8-6-14;/h5-8,12H,3-4,9-11H2,1-2H3,(H2,19,20,21);1H. The molecule has 0 saturated carbocycles. The van der Waals surface area contributed by atoms with Gasteiger partial charge in [-0.25, -0.2) is 4.98 Å². The third-order valence-corrected chi connectivity index (χ3v) is 4.65. The van der Waals surface area contributed by atoms with Crippen molar-refractivity contribution in [1.29, 1.82) is 0 Å². The summed E-state index contributed by atoms with van der Waals surface area (Å²) in [6, 6.07) is 7.95. The summed E-state index contributed by atoms with van der Waals surface area (Å²) in [7, 11) is 1.79. The predicted molar refractivity (Wildman–Crippen MR) is 115 cm³/mol. The molecule has 2 aromatic rings. The zero-order valence-electron chi connectivity index (χ0n) is 14.0. The number of nitrogens with zero attached hydrogens (tertiary/aromatic N) is 2. The lowest BCUT2D eigenvalue weighted by molar-refractivity contribution is 0.736. The lowest BCUT2D eigenvalue weighted by Crippen LogP contribution is -2.38. The number of thiazole rings is 1. The molecule has 1 heterocycles. The van der Waals surface area contributed by atoms with E-state index in [1.54, 1.807) is 18.4 Å². The maximum Gasteiger partial charge on any atom is 0.190 e. The normalized spacial score (nSPS) is 11.0. The van der Waals surface area contributed by atoms with Crippen LogP contribution < -0.4 is 10.6 Å². The van der Waals surface area contributed by atoms with E-state index in [1.807, 2.05) is 19.1 Å². The van der Waals surface area contributed by atoms with Crippen LogP contribution in [0.25, 0.3) is 0 Å². The average molecular weight is 479 g/mol. The Hall–Kier alpha value is -0.860. The lowest BCUT2D eigenvalue weighted by Gasteiger charge is -2.11. The van der Waals surface area contributed by atoms with E-state index in [2.05, 4.69) is 38.1 Å². The van der Waals surface area contributed by atoms with Crippen LogP contribution >= 0.6 is 46.9 Å². The smallest absolute Gasteiger partial charge is 0.190 e.